The molecule has 0 heterocycles. The third-order valence-electron chi connectivity index (χ3n) is 1.08. The molecule has 11 heavy (non-hydrogen) atoms. The number of allylic oxidation sites excluding steroid dienone is 3. The van der Waals surface area contributed by atoms with Gasteiger partial charge in [0.1, 0.15) is 0 Å². The van der Waals surface area contributed by atoms with E-state index in [9.17, 15) is 0 Å². The molecule has 0 aromatic rings. The van der Waals surface area contributed by atoms with Gasteiger partial charge >= 0.3 is 0 Å². The summed E-state index contributed by atoms with van der Waals surface area (Å²) in [5.41, 5.74) is 2.06. The van der Waals surface area contributed by atoms with Crippen LogP contribution in [0.15, 0.2) is 28.9 Å². The largest absolute Gasteiger partial charge is 0.252 e. The van der Waals surface area contributed by atoms with Crippen molar-refractivity contribution < 1.29 is 0 Å². The molecule has 0 aliphatic carbocycles. The molecule has 0 atom stereocenters. The fourth-order valence-electron chi connectivity index (χ4n) is 0.683. The normalized spacial score (nSPS) is 13.5. The van der Waals surface area contributed by atoms with Gasteiger partial charge in [0.15, 0.2) is 0 Å². The van der Waals surface area contributed by atoms with Crippen LogP contribution in [0, 0.1) is 0 Å². The van der Waals surface area contributed by atoms with Crippen molar-refractivity contribution in [3.63, 3.8) is 0 Å². The molecule has 0 aromatic carbocycles. The van der Waals surface area contributed by atoms with E-state index in [1.165, 1.54) is 0 Å². The van der Waals surface area contributed by atoms with Gasteiger partial charge in [-0.3, -0.25) is 4.99 Å². The fourth-order valence-corrected chi connectivity index (χ4v) is 0.918. The van der Waals surface area contributed by atoms with E-state index in [-0.39, 0.29) is 0 Å². The van der Waals surface area contributed by atoms with Gasteiger partial charge in [0.25, 0.3) is 0 Å². The molecule has 0 aliphatic rings. The minimum absolute atomic E-state index is 1.02. The second-order valence-corrected chi connectivity index (χ2v) is 3.47. The van der Waals surface area contributed by atoms with E-state index in [0.29, 0.717) is 0 Å². The van der Waals surface area contributed by atoms with Crippen molar-refractivity contribution in [1.82, 2.24) is 0 Å². The van der Waals surface area contributed by atoms with E-state index in [2.05, 4.69) is 11.6 Å². The quantitative estimate of drug-likeness (QED) is 0.351. The number of hydrogen-bond donors (Lipinski definition) is 0. The Morgan fingerprint density at radius 1 is 1.36 bits per heavy atom. The van der Waals surface area contributed by atoms with Crippen molar-refractivity contribution in [3.05, 3.63) is 23.9 Å². The van der Waals surface area contributed by atoms with Gasteiger partial charge in [0.05, 0.1) is 5.04 Å². The van der Waals surface area contributed by atoms with Crippen LogP contribution in [0.3, 0.4) is 0 Å². The molecule has 0 rings (SSSR count). The Hall–Kier alpha value is -0.500. The molecule has 0 radical (unpaired) electrons. The lowest BCUT2D eigenvalue weighted by Gasteiger charge is -1.95. The molecule has 0 saturated heterocycles. The Labute approximate surface area is 73.3 Å². The minimum atomic E-state index is 1.02. The van der Waals surface area contributed by atoms with Gasteiger partial charge in [0, 0.05) is 5.70 Å². The van der Waals surface area contributed by atoms with Crippen LogP contribution in [0.4, 0.5) is 0 Å². The van der Waals surface area contributed by atoms with Crippen LogP contribution in [0.2, 0.25) is 0 Å². The van der Waals surface area contributed by atoms with Gasteiger partial charge in [-0.1, -0.05) is 12.2 Å². The maximum Gasteiger partial charge on any atom is 0.0700 e. The molecule has 0 saturated carbocycles. The van der Waals surface area contributed by atoms with Crippen LogP contribution in [0.5, 0.6) is 0 Å². The summed E-state index contributed by atoms with van der Waals surface area (Å²) in [6.45, 7) is 9.72. The molecule has 2 heteroatoms. The predicted octanol–water partition coefficient (Wildman–Crippen LogP) is 3.25. The topological polar surface area (TPSA) is 12.4 Å². The molecule has 0 fully saturated rings. The van der Waals surface area contributed by atoms with E-state index < -0.39 is 0 Å². The highest BCUT2D eigenvalue weighted by Gasteiger charge is 1.87. The van der Waals surface area contributed by atoms with Gasteiger partial charge in [-0.15, -0.1) is 11.8 Å². The van der Waals surface area contributed by atoms with E-state index in [0.717, 1.165) is 16.3 Å². The lowest BCUT2D eigenvalue weighted by molar-refractivity contribution is 1.29. The summed E-state index contributed by atoms with van der Waals surface area (Å²) in [5, 5.41) is 1.08. The number of hydrogen-bond acceptors (Lipinski definition) is 2. The van der Waals surface area contributed by atoms with Crippen LogP contribution in [-0.2, 0) is 0 Å². The lowest BCUT2D eigenvalue weighted by Crippen LogP contribution is -1.82. The minimum Gasteiger partial charge on any atom is -0.252 e. The maximum atomic E-state index is 4.32. The molecule has 0 aromatic heterocycles. The molecule has 0 spiro atoms. The smallest absolute Gasteiger partial charge is 0.0700 e. The predicted molar refractivity (Wildman–Crippen MR) is 55.2 cm³/mol. The van der Waals surface area contributed by atoms with Gasteiger partial charge in [-0.05, 0) is 33.1 Å². The molecule has 62 valence electrons. The molecule has 1 nitrogen and oxygen atoms in total. The standard InChI is InChI=1S/C9H15NS/c1-7(2)6-8(3)10-9(4)11-5/h6H,1H2,2-5H3/b8-6-,10-9+. The SMILES string of the molecule is C=C(C)/C=C(C)\N=C(/C)SC. The summed E-state index contributed by atoms with van der Waals surface area (Å²) in [5.74, 6) is 0. The monoisotopic (exact) mass is 169 g/mol. The van der Waals surface area contributed by atoms with Crippen LogP contribution in [0.1, 0.15) is 20.8 Å². The van der Waals surface area contributed by atoms with E-state index in [1.807, 2.05) is 33.1 Å². The first-order valence-corrected chi connectivity index (χ1v) is 4.72. The van der Waals surface area contributed by atoms with Gasteiger partial charge < -0.3 is 0 Å². The zero-order valence-corrected chi connectivity index (χ0v) is 8.46. The molecule has 0 amide bonds. The summed E-state index contributed by atoms with van der Waals surface area (Å²) in [6, 6.07) is 0. The number of aliphatic imine (C=N–C) groups is 1. The van der Waals surface area contributed by atoms with Gasteiger partial charge in [-0.2, -0.15) is 0 Å². The van der Waals surface area contributed by atoms with Crippen molar-refractivity contribution in [2.24, 2.45) is 4.99 Å². The van der Waals surface area contributed by atoms with E-state index >= 15 is 0 Å². The summed E-state index contributed by atoms with van der Waals surface area (Å²) in [6.07, 6.45) is 3.99. The van der Waals surface area contributed by atoms with Crippen molar-refractivity contribution in [2.45, 2.75) is 20.8 Å². The average Bonchev–Trinajstić information content (AvgIpc) is 1.85. The highest BCUT2D eigenvalue weighted by atomic mass is 32.2. The maximum absolute atomic E-state index is 4.32. The number of nitrogens with zero attached hydrogens (tertiary/aromatic N) is 1. The second kappa shape index (κ2) is 5.19. The highest BCUT2D eigenvalue weighted by Crippen LogP contribution is 2.05. The first-order valence-electron chi connectivity index (χ1n) is 3.49. The number of rotatable bonds is 2. The Balaban J connectivity index is 4.26. The Morgan fingerprint density at radius 3 is 2.27 bits per heavy atom. The van der Waals surface area contributed by atoms with Crippen LogP contribution in [-0.4, -0.2) is 11.3 Å². The van der Waals surface area contributed by atoms with Crippen molar-refractivity contribution in [2.75, 3.05) is 6.26 Å². The summed E-state index contributed by atoms with van der Waals surface area (Å²) < 4.78 is 0. The molecular weight excluding hydrogens is 154 g/mol. The zero-order chi connectivity index (χ0) is 8.85. The third kappa shape index (κ3) is 5.92. The third-order valence-corrected chi connectivity index (χ3v) is 1.77. The lowest BCUT2D eigenvalue weighted by atomic mass is 10.3. The molecule has 0 unspecified atom stereocenters. The first-order chi connectivity index (χ1) is 5.06. The average molecular weight is 169 g/mol. The molecular formula is C9H15NS. The molecule has 0 N–H and O–H groups in total. The van der Waals surface area contributed by atoms with Crippen molar-refractivity contribution >= 4 is 16.8 Å². The van der Waals surface area contributed by atoms with E-state index in [4.69, 9.17) is 0 Å². The van der Waals surface area contributed by atoms with Gasteiger partial charge in [0.2, 0.25) is 0 Å². The zero-order valence-electron chi connectivity index (χ0n) is 7.64. The van der Waals surface area contributed by atoms with E-state index in [1.54, 1.807) is 11.8 Å². The first kappa shape index (κ1) is 10.5. The summed E-state index contributed by atoms with van der Waals surface area (Å²) in [4.78, 5) is 4.32. The molecule has 0 aliphatic heterocycles. The Bertz CT molecular complexity index is 202. The Kier molecular flexibility index (Phi) is 4.95. The van der Waals surface area contributed by atoms with Crippen LogP contribution >= 0.6 is 11.8 Å². The van der Waals surface area contributed by atoms with Crippen LogP contribution < -0.4 is 0 Å². The number of thioether (sulfide) groups is 1. The summed E-state index contributed by atoms with van der Waals surface area (Å²) >= 11 is 1.66. The van der Waals surface area contributed by atoms with Gasteiger partial charge in [-0.25, -0.2) is 0 Å². The summed E-state index contributed by atoms with van der Waals surface area (Å²) in [7, 11) is 0. The molecule has 0 bridgehead atoms. The second-order valence-electron chi connectivity index (χ2n) is 2.47. The highest BCUT2D eigenvalue weighted by molar-refractivity contribution is 8.13. The fraction of sp³-hybridized carbons (Fsp3) is 0.444. The van der Waals surface area contributed by atoms with Crippen LogP contribution in [0.25, 0.3) is 0 Å². The van der Waals surface area contributed by atoms with Crippen molar-refractivity contribution in [3.8, 4) is 0 Å². The van der Waals surface area contributed by atoms with Crippen molar-refractivity contribution in [1.29, 1.82) is 0 Å². The Morgan fingerprint density at radius 2 is 1.91 bits per heavy atom.